The Labute approximate surface area is 226 Å². The molecule has 38 heavy (non-hydrogen) atoms. The van der Waals surface area contributed by atoms with Crippen molar-refractivity contribution in [1.82, 2.24) is 9.47 Å². The second-order valence-corrected chi connectivity index (χ2v) is 11.9. The minimum Gasteiger partial charge on any atom is -0.370 e. The lowest BCUT2D eigenvalue weighted by Gasteiger charge is -2.39. The Morgan fingerprint density at radius 3 is 2.68 bits per heavy atom. The van der Waals surface area contributed by atoms with Crippen molar-refractivity contribution < 1.29 is 0 Å². The van der Waals surface area contributed by atoms with Gasteiger partial charge in [-0.2, -0.15) is 0 Å². The molecular weight excluding hydrogens is 468 g/mol. The van der Waals surface area contributed by atoms with Crippen LogP contribution < -0.4 is 15.5 Å². The number of likely N-dealkylation sites (tertiary alicyclic amines) is 1. The molecule has 1 unspecified atom stereocenters. The number of hydrogen-bond donors (Lipinski definition) is 1. The molecule has 3 aromatic rings. The predicted molar refractivity (Wildman–Crippen MR) is 160 cm³/mol. The molecule has 4 aliphatic rings. The zero-order chi connectivity index (χ0) is 25.8. The Hall–Kier alpha value is -3.25. The number of rotatable bonds is 7. The van der Waals surface area contributed by atoms with Crippen molar-refractivity contribution in [3.63, 3.8) is 0 Å². The highest BCUT2D eigenvalue weighted by molar-refractivity contribution is 5.94. The number of piperidine rings is 1. The smallest absolute Gasteiger partial charge is 0.0892 e. The third kappa shape index (κ3) is 4.49. The summed E-state index contributed by atoms with van der Waals surface area (Å²) in [5, 5.41) is 1.29. The van der Waals surface area contributed by atoms with Crippen molar-refractivity contribution in [3.8, 4) is 0 Å². The molecule has 2 aliphatic heterocycles. The van der Waals surface area contributed by atoms with E-state index in [-0.39, 0.29) is 6.04 Å². The second-order valence-electron chi connectivity index (χ2n) is 11.9. The van der Waals surface area contributed by atoms with Gasteiger partial charge in [-0.05, 0) is 68.7 Å². The standard InChI is InChI=1S/C32H40N6/c1-22(36-13-5-7-26(33)21-36)25-17-29(32-31(18-25)37(27-11-12-27)15-14-35(32)2)34-19-28-16-24-6-3-4-8-30(24)38(28)20-23-9-10-23/h3-4,6,8,16-19,23,26-27H,1,5,7,9-15,20-21,33H2,2H3. The van der Waals surface area contributed by atoms with E-state index in [1.807, 2.05) is 0 Å². The van der Waals surface area contributed by atoms with Gasteiger partial charge in [0, 0.05) is 74.0 Å². The van der Waals surface area contributed by atoms with E-state index in [2.05, 4.69) is 81.6 Å². The van der Waals surface area contributed by atoms with E-state index in [4.69, 9.17) is 10.7 Å². The molecule has 1 saturated heterocycles. The molecule has 0 bridgehead atoms. The van der Waals surface area contributed by atoms with E-state index < -0.39 is 0 Å². The summed E-state index contributed by atoms with van der Waals surface area (Å²) in [5.41, 5.74) is 14.7. The molecule has 2 aromatic carbocycles. The number of aromatic nitrogens is 1. The van der Waals surface area contributed by atoms with Crippen LogP contribution in [0.3, 0.4) is 0 Å². The Kier molecular flexibility index (Phi) is 5.96. The average Bonchev–Trinajstić information content (AvgIpc) is 3.86. The summed E-state index contributed by atoms with van der Waals surface area (Å²) in [5.74, 6) is 0.798. The first kappa shape index (κ1) is 23.8. The molecule has 3 heterocycles. The summed E-state index contributed by atoms with van der Waals surface area (Å²) >= 11 is 0. The Bertz CT molecular complexity index is 1390. The SMILES string of the molecule is C=C(c1cc(N=Cc2cc3ccccc3n2CC2CC2)c2c(c1)N(C1CC1)CCN2C)N1CCCC(N)C1. The monoisotopic (exact) mass is 508 g/mol. The van der Waals surface area contributed by atoms with Gasteiger partial charge in [0.25, 0.3) is 0 Å². The number of nitrogens with two attached hydrogens (primary N) is 1. The maximum Gasteiger partial charge on any atom is 0.0892 e. The minimum atomic E-state index is 0.220. The molecule has 6 heteroatoms. The van der Waals surface area contributed by atoms with Gasteiger partial charge in [0.2, 0.25) is 0 Å². The molecule has 7 rings (SSSR count). The first-order chi connectivity index (χ1) is 18.5. The fraction of sp³-hybridized carbons (Fsp3) is 0.469. The molecule has 1 aromatic heterocycles. The minimum absolute atomic E-state index is 0.220. The maximum atomic E-state index is 6.34. The number of likely N-dealkylation sites (N-methyl/N-ethyl adjacent to an activating group) is 1. The third-order valence-electron chi connectivity index (χ3n) is 8.91. The van der Waals surface area contributed by atoms with Crippen LogP contribution in [-0.4, -0.2) is 61.0 Å². The molecule has 1 atom stereocenters. The molecule has 2 N–H and O–H groups in total. The van der Waals surface area contributed by atoms with E-state index in [9.17, 15) is 0 Å². The fourth-order valence-electron chi connectivity index (χ4n) is 6.41. The van der Waals surface area contributed by atoms with E-state index in [0.29, 0.717) is 6.04 Å². The average molecular weight is 509 g/mol. The van der Waals surface area contributed by atoms with Crippen LogP contribution in [-0.2, 0) is 6.54 Å². The van der Waals surface area contributed by atoms with Crippen LogP contribution in [0.4, 0.5) is 17.1 Å². The number of fused-ring (bicyclic) bond motifs is 2. The lowest BCUT2D eigenvalue weighted by Crippen LogP contribution is -2.42. The summed E-state index contributed by atoms with van der Waals surface area (Å²) in [4.78, 5) is 12.6. The Morgan fingerprint density at radius 2 is 1.89 bits per heavy atom. The van der Waals surface area contributed by atoms with Gasteiger partial charge in [0.05, 0.1) is 29.0 Å². The Morgan fingerprint density at radius 1 is 1.05 bits per heavy atom. The number of hydrogen-bond acceptors (Lipinski definition) is 5. The molecule has 0 amide bonds. The molecular formula is C32H40N6. The van der Waals surface area contributed by atoms with Crippen molar-refractivity contribution >= 4 is 39.9 Å². The van der Waals surface area contributed by atoms with Gasteiger partial charge in [-0.3, -0.25) is 4.99 Å². The van der Waals surface area contributed by atoms with Gasteiger partial charge in [-0.15, -0.1) is 0 Å². The molecule has 0 spiro atoms. The van der Waals surface area contributed by atoms with Gasteiger partial charge in [-0.1, -0.05) is 24.8 Å². The van der Waals surface area contributed by atoms with Crippen molar-refractivity contribution in [1.29, 1.82) is 0 Å². The predicted octanol–water partition coefficient (Wildman–Crippen LogP) is 5.61. The highest BCUT2D eigenvalue weighted by atomic mass is 15.3. The summed E-state index contributed by atoms with van der Waals surface area (Å²) < 4.78 is 2.47. The second kappa shape index (κ2) is 9.49. The molecule has 2 saturated carbocycles. The zero-order valence-electron chi connectivity index (χ0n) is 22.6. The number of aliphatic imine (C=N–C) groups is 1. The first-order valence-electron chi connectivity index (χ1n) is 14.5. The van der Waals surface area contributed by atoms with E-state index >= 15 is 0 Å². The van der Waals surface area contributed by atoms with Crippen LogP contribution >= 0.6 is 0 Å². The topological polar surface area (TPSA) is 53.0 Å². The van der Waals surface area contributed by atoms with Crippen LogP contribution in [0.1, 0.15) is 49.8 Å². The van der Waals surface area contributed by atoms with Gasteiger partial charge >= 0.3 is 0 Å². The Balaban J connectivity index is 1.31. The zero-order valence-corrected chi connectivity index (χ0v) is 22.6. The fourth-order valence-corrected chi connectivity index (χ4v) is 6.41. The first-order valence-corrected chi connectivity index (χ1v) is 14.5. The van der Waals surface area contributed by atoms with Crippen molar-refractivity contribution in [2.45, 2.75) is 57.2 Å². The highest BCUT2D eigenvalue weighted by Crippen LogP contribution is 2.46. The van der Waals surface area contributed by atoms with Crippen molar-refractivity contribution in [3.05, 3.63) is 60.3 Å². The largest absolute Gasteiger partial charge is 0.370 e. The molecule has 198 valence electrons. The van der Waals surface area contributed by atoms with Gasteiger partial charge in [0.1, 0.15) is 0 Å². The lowest BCUT2D eigenvalue weighted by atomic mass is 10.0. The van der Waals surface area contributed by atoms with E-state index in [0.717, 1.165) is 62.9 Å². The summed E-state index contributed by atoms with van der Waals surface area (Å²) in [6.45, 7) is 9.63. The van der Waals surface area contributed by atoms with Gasteiger partial charge in [0.15, 0.2) is 0 Å². The number of para-hydroxylation sites is 1. The number of anilines is 2. The highest BCUT2D eigenvalue weighted by Gasteiger charge is 2.35. The number of nitrogens with zero attached hydrogens (tertiary/aromatic N) is 5. The molecule has 0 radical (unpaired) electrons. The molecule has 3 fully saturated rings. The summed E-state index contributed by atoms with van der Waals surface area (Å²) in [6, 6.07) is 16.5. The van der Waals surface area contributed by atoms with Crippen LogP contribution in [0, 0.1) is 5.92 Å². The van der Waals surface area contributed by atoms with Crippen LogP contribution in [0.25, 0.3) is 16.6 Å². The van der Waals surface area contributed by atoms with Gasteiger partial charge in [-0.25, -0.2) is 0 Å². The van der Waals surface area contributed by atoms with Crippen LogP contribution in [0.5, 0.6) is 0 Å². The van der Waals surface area contributed by atoms with Gasteiger partial charge < -0.3 is 25.0 Å². The summed E-state index contributed by atoms with van der Waals surface area (Å²) in [7, 11) is 2.21. The lowest BCUT2D eigenvalue weighted by molar-refractivity contribution is 0.296. The van der Waals surface area contributed by atoms with Crippen LogP contribution in [0.2, 0.25) is 0 Å². The molecule has 6 nitrogen and oxygen atoms in total. The molecule has 2 aliphatic carbocycles. The summed E-state index contributed by atoms with van der Waals surface area (Å²) in [6.07, 6.45) is 9.57. The normalized spacial score (nSPS) is 21.9. The van der Waals surface area contributed by atoms with Crippen molar-refractivity contribution in [2.75, 3.05) is 43.0 Å². The third-order valence-corrected chi connectivity index (χ3v) is 8.91. The van der Waals surface area contributed by atoms with E-state index in [1.165, 1.54) is 59.2 Å². The quantitative estimate of drug-likeness (QED) is 0.421. The maximum absolute atomic E-state index is 6.34. The van der Waals surface area contributed by atoms with Crippen LogP contribution in [0.15, 0.2) is 54.0 Å². The van der Waals surface area contributed by atoms with E-state index in [1.54, 1.807) is 0 Å². The van der Waals surface area contributed by atoms with Crippen molar-refractivity contribution in [2.24, 2.45) is 16.6 Å². The number of benzene rings is 2.